The predicted octanol–water partition coefficient (Wildman–Crippen LogP) is 3.67. The van der Waals surface area contributed by atoms with Crippen molar-refractivity contribution in [2.24, 2.45) is 5.10 Å². The Balaban J connectivity index is 1.29. The fraction of sp³-hybridized carbons (Fsp3) is 0.0870. The van der Waals surface area contributed by atoms with E-state index in [4.69, 9.17) is 4.74 Å². The molecule has 0 radical (unpaired) electrons. The second-order valence-corrected chi connectivity index (χ2v) is 6.94. The van der Waals surface area contributed by atoms with Crippen LogP contribution in [0.1, 0.15) is 11.1 Å². The Morgan fingerprint density at radius 2 is 1.91 bits per heavy atom. The van der Waals surface area contributed by atoms with E-state index in [9.17, 15) is 14.9 Å². The van der Waals surface area contributed by atoms with E-state index in [1.807, 2.05) is 48.5 Å². The zero-order valence-corrected chi connectivity index (χ0v) is 16.9. The molecule has 0 spiro atoms. The van der Waals surface area contributed by atoms with Gasteiger partial charge in [0.25, 0.3) is 5.91 Å². The van der Waals surface area contributed by atoms with Crippen LogP contribution in [0.25, 0.3) is 10.8 Å². The number of carbonyl (C=O) groups is 1. The Morgan fingerprint density at radius 1 is 1.12 bits per heavy atom. The number of nitrogens with zero attached hydrogens (tertiary/aromatic N) is 4. The molecule has 160 valence electrons. The topological polar surface area (TPSA) is 112 Å². The number of ether oxygens (including phenoxy) is 1. The Labute approximate surface area is 183 Å². The van der Waals surface area contributed by atoms with E-state index in [1.54, 1.807) is 0 Å². The zero-order valence-electron chi connectivity index (χ0n) is 16.9. The lowest BCUT2D eigenvalue weighted by Crippen LogP contribution is -2.23. The van der Waals surface area contributed by atoms with Crippen molar-refractivity contribution in [2.75, 3.05) is 0 Å². The minimum absolute atomic E-state index is 0.174. The van der Waals surface area contributed by atoms with Gasteiger partial charge in [0.15, 0.2) is 0 Å². The lowest BCUT2D eigenvalue weighted by Gasteiger charge is -2.09. The predicted molar refractivity (Wildman–Crippen MR) is 119 cm³/mol. The summed E-state index contributed by atoms with van der Waals surface area (Å²) in [6.45, 7) is 0.280. The van der Waals surface area contributed by atoms with Gasteiger partial charge in [-0.05, 0) is 46.2 Å². The first-order chi connectivity index (χ1) is 15.6. The molecule has 0 saturated carbocycles. The van der Waals surface area contributed by atoms with Crippen molar-refractivity contribution in [3.8, 4) is 5.75 Å². The number of rotatable bonds is 8. The van der Waals surface area contributed by atoms with Crippen LogP contribution in [0.2, 0.25) is 0 Å². The number of nitro groups is 1. The van der Waals surface area contributed by atoms with Crippen LogP contribution in [0.5, 0.6) is 5.75 Å². The molecule has 1 N–H and O–H groups in total. The minimum atomic E-state index is -0.574. The Hall–Kier alpha value is -4.53. The molecule has 32 heavy (non-hydrogen) atoms. The van der Waals surface area contributed by atoms with Gasteiger partial charge in [0, 0.05) is 0 Å². The maximum Gasteiger partial charge on any atom is 0.307 e. The van der Waals surface area contributed by atoms with Crippen LogP contribution in [-0.2, 0) is 17.9 Å². The number of benzene rings is 3. The van der Waals surface area contributed by atoms with Crippen LogP contribution in [-0.4, -0.2) is 26.8 Å². The molecule has 1 aromatic heterocycles. The Morgan fingerprint density at radius 3 is 2.69 bits per heavy atom. The molecule has 0 aliphatic rings. The molecular weight excluding hydrogens is 410 g/mol. The summed E-state index contributed by atoms with van der Waals surface area (Å²) in [4.78, 5) is 21.9. The van der Waals surface area contributed by atoms with Crippen molar-refractivity contribution >= 4 is 28.6 Å². The lowest BCUT2D eigenvalue weighted by molar-refractivity contribution is -0.385. The van der Waals surface area contributed by atoms with Crippen molar-refractivity contribution in [1.29, 1.82) is 0 Å². The van der Waals surface area contributed by atoms with Crippen LogP contribution in [0, 0.1) is 10.1 Å². The lowest BCUT2D eigenvalue weighted by atomic mass is 10.1. The smallest absolute Gasteiger partial charge is 0.307 e. The molecule has 4 rings (SSSR count). The molecule has 0 fully saturated rings. The largest absolute Gasteiger partial charge is 0.489 e. The molecule has 4 aromatic rings. The van der Waals surface area contributed by atoms with Crippen molar-refractivity contribution in [3.05, 3.63) is 100 Å². The van der Waals surface area contributed by atoms with Crippen molar-refractivity contribution in [3.63, 3.8) is 0 Å². The number of hydrogen-bond acceptors (Lipinski definition) is 6. The van der Waals surface area contributed by atoms with E-state index in [0.717, 1.165) is 23.1 Å². The second-order valence-electron chi connectivity index (χ2n) is 6.94. The van der Waals surface area contributed by atoms with Gasteiger partial charge < -0.3 is 4.74 Å². The quantitative estimate of drug-likeness (QED) is 0.261. The summed E-state index contributed by atoms with van der Waals surface area (Å²) in [6, 6.07) is 21.6. The Bertz CT molecular complexity index is 1280. The highest BCUT2D eigenvalue weighted by atomic mass is 16.6. The van der Waals surface area contributed by atoms with E-state index < -0.39 is 10.8 Å². The molecule has 0 aliphatic heterocycles. The Kier molecular flexibility index (Phi) is 6.17. The third kappa shape index (κ3) is 5.14. The van der Waals surface area contributed by atoms with E-state index in [0.29, 0.717) is 6.61 Å². The first kappa shape index (κ1) is 20.7. The van der Waals surface area contributed by atoms with Crippen LogP contribution in [0.4, 0.5) is 5.69 Å². The number of carbonyl (C=O) groups excluding carboxylic acids is 1. The van der Waals surface area contributed by atoms with Crippen LogP contribution < -0.4 is 10.2 Å². The normalized spacial score (nSPS) is 11.0. The van der Waals surface area contributed by atoms with Gasteiger partial charge in [-0.1, -0.05) is 42.5 Å². The summed E-state index contributed by atoms with van der Waals surface area (Å²) in [5.41, 5.74) is 4.07. The zero-order chi connectivity index (χ0) is 22.3. The highest BCUT2D eigenvalue weighted by molar-refractivity contribution is 5.85. The summed E-state index contributed by atoms with van der Waals surface area (Å²) in [6.07, 6.45) is 3.76. The second kappa shape index (κ2) is 9.52. The summed E-state index contributed by atoms with van der Waals surface area (Å²) in [5, 5.41) is 20.6. The third-order valence-electron chi connectivity index (χ3n) is 4.69. The average molecular weight is 429 g/mol. The monoisotopic (exact) mass is 429 g/mol. The number of hydrogen-bond donors (Lipinski definition) is 1. The molecular formula is C23H19N5O4. The first-order valence-electron chi connectivity index (χ1n) is 9.77. The van der Waals surface area contributed by atoms with Gasteiger partial charge in [0.1, 0.15) is 31.3 Å². The molecule has 9 nitrogen and oxygen atoms in total. The van der Waals surface area contributed by atoms with Gasteiger partial charge in [-0.3, -0.25) is 19.6 Å². The third-order valence-corrected chi connectivity index (χ3v) is 4.69. The van der Waals surface area contributed by atoms with Crippen molar-refractivity contribution < 1.29 is 14.5 Å². The molecule has 1 heterocycles. The van der Waals surface area contributed by atoms with Crippen LogP contribution in [0.3, 0.4) is 0 Å². The maximum absolute atomic E-state index is 11.9. The number of fused-ring (bicyclic) bond motifs is 1. The molecule has 0 atom stereocenters. The van der Waals surface area contributed by atoms with Gasteiger partial charge >= 0.3 is 5.69 Å². The van der Waals surface area contributed by atoms with Gasteiger partial charge in [-0.2, -0.15) is 10.2 Å². The van der Waals surface area contributed by atoms with E-state index in [2.05, 4.69) is 33.8 Å². The maximum atomic E-state index is 11.9. The SMILES string of the molecule is O=C(Cn1cc([N+](=O)[O-])cn1)NN=Cc1ccc(OCc2cccc3ccccc23)cc1. The summed E-state index contributed by atoms with van der Waals surface area (Å²) < 4.78 is 7.08. The van der Waals surface area contributed by atoms with Gasteiger partial charge in [0.05, 0.1) is 11.1 Å². The highest BCUT2D eigenvalue weighted by Gasteiger charge is 2.10. The summed E-state index contributed by atoms with van der Waals surface area (Å²) >= 11 is 0. The minimum Gasteiger partial charge on any atom is -0.489 e. The molecule has 0 unspecified atom stereocenters. The summed E-state index contributed by atoms with van der Waals surface area (Å²) in [5.74, 6) is 0.272. The standard InChI is InChI=1S/C23H19N5O4/c29-23(15-27-14-20(13-25-27)28(30)31)26-24-12-17-8-10-21(11-9-17)32-16-19-6-3-5-18-4-1-2-7-22(18)19/h1-14H,15-16H2,(H,26,29). The molecule has 3 aromatic carbocycles. The fourth-order valence-corrected chi connectivity index (χ4v) is 3.12. The molecule has 0 aliphatic carbocycles. The van der Waals surface area contributed by atoms with E-state index in [-0.39, 0.29) is 12.2 Å². The number of aromatic nitrogens is 2. The molecule has 0 saturated heterocycles. The van der Waals surface area contributed by atoms with Crippen LogP contribution in [0.15, 0.2) is 84.2 Å². The molecule has 1 amide bonds. The van der Waals surface area contributed by atoms with Crippen LogP contribution >= 0.6 is 0 Å². The highest BCUT2D eigenvalue weighted by Crippen LogP contribution is 2.21. The van der Waals surface area contributed by atoms with Crippen molar-refractivity contribution in [1.82, 2.24) is 15.2 Å². The fourth-order valence-electron chi connectivity index (χ4n) is 3.12. The number of nitrogens with one attached hydrogen (secondary N) is 1. The number of hydrazone groups is 1. The molecule has 9 heteroatoms. The number of amides is 1. The summed E-state index contributed by atoms with van der Waals surface area (Å²) in [7, 11) is 0. The van der Waals surface area contributed by atoms with E-state index in [1.165, 1.54) is 27.9 Å². The van der Waals surface area contributed by atoms with Gasteiger partial charge in [0.2, 0.25) is 0 Å². The van der Waals surface area contributed by atoms with Gasteiger partial charge in [-0.25, -0.2) is 5.43 Å². The van der Waals surface area contributed by atoms with Gasteiger partial charge in [-0.15, -0.1) is 0 Å². The van der Waals surface area contributed by atoms with Crippen molar-refractivity contribution in [2.45, 2.75) is 13.2 Å². The molecule has 0 bridgehead atoms. The first-order valence-corrected chi connectivity index (χ1v) is 9.77. The average Bonchev–Trinajstić information content (AvgIpc) is 3.27. The van der Waals surface area contributed by atoms with E-state index >= 15 is 0 Å².